The fourth-order valence-corrected chi connectivity index (χ4v) is 5.31. The molecule has 0 unspecified atom stereocenters. The van der Waals surface area contributed by atoms with Gasteiger partial charge in [0, 0.05) is 43.1 Å². The quantitative estimate of drug-likeness (QED) is 0.533. The molecule has 1 spiro atoms. The van der Waals surface area contributed by atoms with E-state index in [1.165, 1.54) is 36.0 Å². The maximum Gasteiger partial charge on any atom is 0.228 e. The number of aromatic nitrogens is 3. The van der Waals surface area contributed by atoms with Gasteiger partial charge in [0.25, 0.3) is 0 Å². The van der Waals surface area contributed by atoms with Gasteiger partial charge in [-0.1, -0.05) is 12.1 Å². The Morgan fingerprint density at radius 2 is 1.79 bits per heavy atom. The maximum atomic E-state index is 12.3. The Morgan fingerprint density at radius 3 is 2.42 bits per heavy atom. The van der Waals surface area contributed by atoms with Crippen LogP contribution in [0.25, 0.3) is 11.3 Å². The highest BCUT2D eigenvalue weighted by Gasteiger charge is 2.40. The second-order valence-corrected chi connectivity index (χ2v) is 10.2. The Labute approximate surface area is 226 Å². The van der Waals surface area contributed by atoms with Crippen molar-refractivity contribution < 1.29 is 9.53 Å². The Balaban J connectivity index is 0.000000170. The molecular formula is C31H37N5O2. The number of rotatable bonds is 4. The number of nitrogens with one attached hydrogen (secondary N) is 1. The van der Waals surface area contributed by atoms with Crippen molar-refractivity contribution in [2.24, 2.45) is 5.41 Å². The van der Waals surface area contributed by atoms with Crippen molar-refractivity contribution in [3.63, 3.8) is 0 Å². The van der Waals surface area contributed by atoms with Crippen molar-refractivity contribution in [2.75, 3.05) is 33.3 Å². The van der Waals surface area contributed by atoms with Gasteiger partial charge in [-0.25, -0.2) is 9.97 Å². The number of pyridine rings is 1. The van der Waals surface area contributed by atoms with Crippen molar-refractivity contribution in [1.29, 1.82) is 0 Å². The average molecular weight is 512 g/mol. The molecule has 1 aromatic carbocycles. The van der Waals surface area contributed by atoms with Crippen molar-refractivity contribution >= 4 is 5.91 Å². The van der Waals surface area contributed by atoms with Crippen LogP contribution in [0.4, 0.5) is 0 Å². The van der Waals surface area contributed by atoms with Gasteiger partial charge in [-0.15, -0.1) is 12.8 Å². The maximum absolute atomic E-state index is 12.3. The lowest BCUT2D eigenvalue weighted by Gasteiger charge is -2.48. The van der Waals surface area contributed by atoms with Gasteiger partial charge in [-0.05, 0) is 79.8 Å². The lowest BCUT2D eigenvalue weighted by atomic mass is 9.73. The number of terminal acetylenes is 1. The Morgan fingerprint density at radius 1 is 1.03 bits per heavy atom. The summed E-state index contributed by atoms with van der Waals surface area (Å²) < 4.78 is 5.07. The number of benzene rings is 1. The minimum Gasteiger partial charge on any atom is -0.495 e. The number of aryl methyl sites for hydroxylation is 3. The number of methoxy groups -OCH3 is 1. The molecule has 198 valence electrons. The fraction of sp³-hybridized carbons (Fsp3) is 0.419. The van der Waals surface area contributed by atoms with E-state index < -0.39 is 0 Å². The zero-order valence-corrected chi connectivity index (χ0v) is 22.4. The van der Waals surface area contributed by atoms with Gasteiger partial charge in [0.15, 0.2) is 0 Å². The van der Waals surface area contributed by atoms with Crippen LogP contribution in [0.1, 0.15) is 41.8 Å². The van der Waals surface area contributed by atoms with E-state index in [9.17, 15) is 4.79 Å². The van der Waals surface area contributed by atoms with Crippen molar-refractivity contribution in [3.8, 4) is 29.9 Å². The van der Waals surface area contributed by atoms with Gasteiger partial charge in [-0.3, -0.25) is 9.78 Å². The first kappa shape index (κ1) is 27.3. The van der Waals surface area contributed by atoms with E-state index in [2.05, 4.69) is 51.3 Å². The normalized spacial score (nSPS) is 16.7. The number of carbonyl (C=O) groups is 1. The molecule has 6 rings (SSSR count). The minimum absolute atomic E-state index is 0.185. The SMILES string of the molecule is C#C.COc1ccc(CC(=O)N2CCC3(CC2)CNC3)nc1.Cc1cc(-c2ccc3c(c2)CCC3)ncn1. The van der Waals surface area contributed by atoms with Gasteiger partial charge in [0.1, 0.15) is 12.1 Å². The number of hydrogen-bond acceptors (Lipinski definition) is 6. The topological polar surface area (TPSA) is 80.2 Å². The highest BCUT2D eigenvalue weighted by molar-refractivity contribution is 5.78. The summed E-state index contributed by atoms with van der Waals surface area (Å²) in [6.07, 6.45) is 17.7. The van der Waals surface area contributed by atoms with E-state index >= 15 is 0 Å². The highest BCUT2D eigenvalue weighted by atomic mass is 16.5. The van der Waals surface area contributed by atoms with Gasteiger partial charge < -0.3 is 15.0 Å². The molecule has 0 atom stereocenters. The molecule has 7 heteroatoms. The second-order valence-electron chi connectivity index (χ2n) is 10.2. The molecule has 3 aliphatic rings. The summed E-state index contributed by atoms with van der Waals surface area (Å²) in [6, 6.07) is 12.4. The van der Waals surface area contributed by atoms with Gasteiger partial charge in [0.05, 0.1) is 25.4 Å². The summed E-state index contributed by atoms with van der Waals surface area (Å²) in [7, 11) is 1.61. The van der Waals surface area contributed by atoms with Crippen molar-refractivity contribution in [3.05, 3.63) is 71.4 Å². The van der Waals surface area contributed by atoms with Crippen LogP contribution in [-0.4, -0.2) is 59.0 Å². The van der Waals surface area contributed by atoms with E-state index in [4.69, 9.17) is 4.74 Å². The highest BCUT2D eigenvalue weighted by Crippen LogP contribution is 2.35. The van der Waals surface area contributed by atoms with Crippen LogP contribution >= 0.6 is 0 Å². The van der Waals surface area contributed by atoms with Crippen LogP contribution in [0.5, 0.6) is 5.75 Å². The predicted octanol–water partition coefficient (Wildman–Crippen LogP) is 4.03. The standard InChI is InChI=1S/C15H21N3O2.C14H14N2.C2H2/c1-20-13-3-2-12(17-9-13)8-14(19)18-6-4-15(5-7-18)10-16-11-15;1-10-7-14(16-9-15-10)13-6-5-11-3-2-4-12(11)8-13;1-2/h2-3,9,16H,4-8,10-11H2,1H3;5-9H,2-4H2,1H3;1-2H. The smallest absolute Gasteiger partial charge is 0.228 e. The second kappa shape index (κ2) is 12.7. The van der Waals surface area contributed by atoms with E-state index in [-0.39, 0.29) is 5.91 Å². The number of piperidine rings is 1. The van der Waals surface area contributed by atoms with Crippen LogP contribution < -0.4 is 10.1 Å². The summed E-state index contributed by atoms with van der Waals surface area (Å²) >= 11 is 0. The molecule has 4 heterocycles. The first-order chi connectivity index (χ1) is 18.5. The minimum atomic E-state index is 0.185. The van der Waals surface area contributed by atoms with E-state index in [1.807, 2.05) is 30.0 Å². The predicted molar refractivity (Wildman–Crippen MR) is 150 cm³/mol. The molecule has 3 aromatic rings. The lowest BCUT2D eigenvalue weighted by molar-refractivity contribution is -0.133. The van der Waals surface area contributed by atoms with Crippen LogP contribution in [-0.2, 0) is 24.1 Å². The number of nitrogens with zero attached hydrogens (tertiary/aromatic N) is 4. The zero-order chi connectivity index (χ0) is 27.0. The molecule has 2 aliphatic heterocycles. The molecule has 0 saturated carbocycles. The van der Waals surface area contributed by atoms with Crippen LogP contribution in [0.15, 0.2) is 48.9 Å². The Bertz CT molecular complexity index is 1240. The number of hydrogen-bond donors (Lipinski definition) is 1. The molecule has 2 aromatic heterocycles. The molecule has 2 fully saturated rings. The molecule has 0 bridgehead atoms. The number of fused-ring (bicyclic) bond motifs is 1. The average Bonchev–Trinajstić information content (AvgIpc) is 3.42. The molecule has 1 aliphatic carbocycles. The summed E-state index contributed by atoms with van der Waals surface area (Å²) in [5.41, 5.74) is 7.55. The first-order valence-corrected chi connectivity index (χ1v) is 13.3. The van der Waals surface area contributed by atoms with Crippen LogP contribution in [0.2, 0.25) is 0 Å². The van der Waals surface area contributed by atoms with E-state index in [0.29, 0.717) is 11.8 Å². The fourth-order valence-electron chi connectivity index (χ4n) is 5.31. The number of likely N-dealkylation sites (tertiary alicyclic amines) is 1. The molecule has 1 N–H and O–H groups in total. The largest absolute Gasteiger partial charge is 0.495 e. The van der Waals surface area contributed by atoms with Gasteiger partial charge in [-0.2, -0.15) is 0 Å². The summed E-state index contributed by atoms with van der Waals surface area (Å²) in [6.45, 7) is 6.01. The third-order valence-corrected chi connectivity index (χ3v) is 7.74. The lowest BCUT2D eigenvalue weighted by Crippen LogP contribution is -2.58. The third kappa shape index (κ3) is 6.56. The molecule has 0 radical (unpaired) electrons. The van der Waals surface area contributed by atoms with Crippen LogP contribution in [0, 0.1) is 25.2 Å². The van der Waals surface area contributed by atoms with E-state index in [0.717, 1.165) is 61.9 Å². The number of amides is 1. The molecule has 7 nitrogen and oxygen atoms in total. The zero-order valence-electron chi connectivity index (χ0n) is 22.4. The van der Waals surface area contributed by atoms with Crippen LogP contribution in [0.3, 0.4) is 0 Å². The summed E-state index contributed by atoms with van der Waals surface area (Å²) in [5, 5.41) is 3.34. The monoisotopic (exact) mass is 511 g/mol. The molecular weight excluding hydrogens is 474 g/mol. The van der Waals surface area contributed by atoms with Crippen molar-refractivity contribution in [1.82, 2.24) is 25.2 Å². The summed E-state index contributed by atoms with van der Waals surface area (Å²) in [4.78, 5) is 27.0. The third-order valence-electron chi connectivity index (χ3n) is 7.74. The number of ether oxygens (including phenoxy) is 1. The molecule has 1 amide bonds. The first-order valence-electron chi connectivity index (χ1n) is 13.3. The molecule has 38 heavy (non-hydrogen) atoms. The Hall–Kier alpha value is -3.76. The summed E-state index contributed by atoms with van der Waals surface area (Å²) in [5.74, 6) is 0.906. The number of carbonyl (C=O) groups excluding carboxylic acids is 1. The van der Waals surface area contributed by atoms with Gasteiger partial charge >= 0.3 is 0 Å². The Kier molecular flexibility index (Phi) is 9.09. The molecule has 2 saturated heterocycles. The van der Waals surface area contributed by atoms with Crippen molar-refractivity contribution in [2.45, 2.75) is 45.4 Å². The van der Waals surface area contributed by atoms with E-state index in [1.54, 1.807) is 19.6 Å². The van der Waals surface area contributed by atoms with Gasteiger partial charge in [0.2, 0.25) is 5.91 Å².